The molecule has 160 valence electrons. The Morgan fingerprint density at radius 1 is 1.13 bits per heavy atom. The van der Waals surface area contributed by atoms with Crippen LogP contribution in [0.5, 0.6) is 11.5 Å². The number of methoxy groups -OCH3 is 1. The van der Waals surface area contributed by atoms with E-state index in [1.54, 1.807) is 25.3 Å². The molecule has 2 aromatic rings. The number of nitrogens with two attached hydrogens (primary N) is 1. The van der Waals surface area contributed by atoms with Crippen LogP contribution in [0.1, 0.15) is 28.8 Å². The normalized spacial score (nSPS) is 14.9. The van der Waals surface area contributed by atoms with E-state index in [9.17, 15) is 9.59 Å². The highest BCUT2D eigenvalue weighted by Crippen LogP contribution is 2.29. The third-order valence-electron chi connectivity index (χ3n) is 5.04. The monoisotopic (exact) mass is 431 g/mol. The number of primary amides is 1. The Kier molecular flexibility index (Phi) is 7.54. The number of carbonyl (C=O) groups is 2. The summed E-state index contributed by atoms with van der Waals surface area (Å²) in [4.78, 5) is 25.7. The molecule has 8 heteroatoms. The van der Waals surface area contributed by atoms with Crippen LogP contribution in [0.4, 0.5) is 0 Å². The molecule has 3 N–H and O–H groups in total. The van der Waals surface area contributed by atoms with Gasteiger partial charge in [0.05, 0.1) is 13.7 Å². The van der Waals surface area contributed by atoms with E-state index in [4.69, 9.17) is 26.8 Å². The molecule has 2 aromatic carbocycles. The fourth-order valence-corrected chi connectivity index (χ4v) is 3.52. The Bertz CT molecular complexity index is 880. The molecule has 1 fully saturated rings. The Morgan fingerprint density at radius 2 is 1.83 bits per heavy atom. The molecule has 0 saturated carbocycles. The molecule has 1 heterocycles. The van der Waals surface area contributed by atoms with Crippen LogP contribution >= 0.6 is 11.6 Å². The first-order valence-electron chi connectivity index (χ1n) is 9.81. The maximum Gasteiger partial charge on any atom is 0.251 e. The summed E-state index contributed by atoms with van der Waals surface area (Å²) in [5, 5.41) is 3.72. The van der Waals surface area contributed by atoms with Crippen LogP contribution in [-0.2, 0) is 11.4 Å². The van der Waals surface area contributed by atoms with Gasteiger partial charge in [0, 0.05) is 29.7 Å². The second-order valence-electron chi connectivity index (χ2n) is 7.27. The van der Waals surface area contributed by atoms with Crippen molar-refractivity contribution in [2.24, 2.45) is 5.73 Å². The highest BCUT2D eigenvalue weighted by molar-refractivity contribution is 6.30. The van der Waals surface area contributed by atoms with Crippen LogP contribution in [0.2, 0.25) is 5.02 Å². The van der Waals surface area contributed by atoms with E-state index in [-0.39, 0.29) is 24.4 Å². The summed E-state index contributed by atoms with van der Waals surface area (Å²) in [5.41, 5.74) is 6.72. The molecule has 0 unspecified atom stereocenters. The number of amides is 2. The second kappa shape index (κ2) is 10.3. The Hall–Kier alpha value is -2.77. The van der Waals surface area contributed by atoms with Gasteiger partial charge in [0.2, 0.25) is 5.91 Å². The molecule has 0 radical (unpaired) electrons. The van der Waals surface area contributed by atoms with Gasteiger partial charge in [-0.25, -0.2) is 0 Å². The number of nitrogens with zero attached hydrogens (tertiary/aromatic N) is 1. The largest absolute Gasteiger partial charge is 0.493 e. The van der Waals surface area contributed by atoms with Gasteiger partial charge < -0.3 is 20.5 Å². The average molecular weight is 432 g/mol. The van der Waals surface area contributed by atoms with Crippen LogP contribution in [0, 0.1) is 0 Å². The lowest BCUT2D eigenvalue weighted by atomic mass is 10.0. The molecule has 1 aliphatic heterocycles. The molecule has 3 rings (SSSR count). The average Bonchev–Trinajstić information content (AvgIpc) is 2.74. The number of likely N-dealkylation sites (tertiary alicyclic amines) is 1. The smallest absolute Gasteiger partial charge is 0.251 e. The summed E-state index contributed by atoms with van der Waals surface area (Å²) in [6.45, 7) is 2.08. The number of nitrogens with one attached hydrogen (secondary N) is 1. The number of hydrogen-bond acceptors (Lipinski definition) is 5. The van der Waals surface area contributed by atoms with Gasteiger partial charge >= 0.3 is 0 Å². The molecule has 0 spiro atoms. The minimum Gasteiger partial charge on any atom is -0.493 e. The predicted octanol–water partition coefficient (Wildman–Crippen LogP) is 2.61. The maximum atomic E-state index is 12.7. The molecule has 7 nitrogen and oxygen atoms in total. The first kappa shape index (κ1) is 21.9. The zero-order valence-corrected chi connectivity index (χ0v) is 17.7. The van der Waals surface area contributed by atoms with Crippen molar-refractivity contribution in [2.45, 2.75) is 25.5 Å². The van der Waals surface area contributed by atoms with Crippen molar-refractivity contribution in [1.29, 1.82) is 0 Å². The summed E-state index contributed by atoms with van der Waals surface area (Å²) in [6, 6.07) is 12.6. The molecule has 0 bridgehead atoms. The zero-order chi connectivity index (χ0) is 21.5. The van der Waals surface area contributed by atoms with Crippen LogP contribution < -0.4 is 20.5 Å². The van der Waals surface area contributed by atoms with E-state index in [2.05, 4.69) is 5.32 Å². The van der Waals surface area contributed by atoms with Gasteiger partial charge in [0.25, 0.3) is 5.91 Å². The number of piperidine rings is 1. The third-order valence-corrected chi connectivity index (χ3v) is 5.29. The minimum atomic E-state index is -0.331. The molecule has 1 saturated heterocycles. The van der Waals surface area contributed by atoms with E-state index in [1.165, 1.54) is 0 Å². The quantitative estimate of drug-likeness (QED) is 0.670. The second-order valence-corrected chi connectivity index (χ2v) is 7.71. The van der Waals surface area contributed by atoms with Crippen molar-refractivity contribution in [2.75, 3.05) is 26.7 Å². The van der Waals surface area contributed by atoms with E-state index in [0.29, 0.717) is 28.7 Å². The third kappa shape index (κ3) is 6.11. The Balaban J connectivity index is 1.56. The van der Waals surface area contributed by atoms with Gasteiger partial charge in [-0.1, -0.05) is 23.7 Å². The van der Waals surface area contributed by atoms with Gasteiger partial charge in [-0.2, -0.15) is 0 Å². The standard InChI is InChI=1S/C22H26ClN3O4/c1-29-20-12-16(4-7-19(20)30-14-15-2-5-17(23)6-3-15)22(28)25-18-8-10-26(11-9-18)13-21(24)27/h2-7,12,18H,8-11,13-14H2,1H3,(H2,24,27)(H,25,28). The maximum absolute atomic E-state index is 12.7. The minimum absolute atomic E-state index is 0.0634. The van der Waals surface area contributed by atoms with Crippen molar-refractivity contribution in [3.05, 3.63) is 58.6 Å². The summed E-state index contributed by atoms with van der Waals surface area (Å²) < 4.78 is 11.2. The predicted molar refractivity (Wildman–Crippen MR) is 115 cm³/mol. The lowest BCUT2D eigenvalue weighted by molar-refractivity contribution is -0.119. The van der Waals surface area contributed by atoms with Gasteiger partial charge in [0.1, 0.15) is 6.61 Å². The first-order chi connectivity index (χ1) is 14.4. The van der Waals surface area contributed by atoms with Crippen molar-refractivity contribution in [3.63, 3.8) is 0 Å². The number of hydrogen-bond donors (Lipinski definition) is 2. The Labute approximate surface area is 181 Å². The molecule has 30 heavy (non-hydrogen) atoms. The summed E-state index contributed by atoms with van der Waals surface area (Å²) >= 11 is 5.90. The van der Waals surface area contributed by atoms with Gasteiger partial charge in [-0.15, -0.1) is 0 Å². The fourth-order valence-electron chi connectivity index (χ4n) is 3.39. The number of carbonyl (C=O) groups excluding carboxylic acids is 2. The molecule has 0 aliphatic carbocycles. The van der Waals surface area contributed by atoms with Crippen LogP contribution in [0.15, 0.2) is 42.5 Å². The van der Waals surface area contributed by atoms with Crippen molar-refractivity contribution in [3.8, 4) is 11.5 Å². The summed E-state index contributed by atoms with van der Waals surface area (Å²) in [5.74, 6) is 0.561. The van der Waals surface area contributed by atoms with Gasteiger partial charge in [0.15, 0.2) is 11.5 Å². The molecule has 0 aromatic heterocycles. The number of ether oxygens (including phenoxy) is 2. The Morgan fingerprint density at radius 3 is 2.47 bits per heavy atom. The molecule has 2 amide bonds. The lowest BCUT2D eigenvalue weighted by Gasteiger charge is -2.31. The lowest BCUT2D eigenvalue weighted by Crippen LogP contribution is -2.46. The number of rotatable bonds is 8. The van der Waals surface area contributed by atoms with Crippen LogP contribution in [0.3, 0.4) is 0 Å². The van der Waals surface area contributed by atoms with Crippen molar-refractivity contribution >= 4 is 23.4 Å². The number of benzene rings is 2. The molecule has 1 aliphatic rings. The van der Waals surface area contributed by atoms with E-state index in [0.717, 1.165) is 31.5 Å². The molecular weight excluding hydrogens is 406 g/mol. The zero-order valence-electron chi connectivity index (χ0n) is 16.9. The van der Waals surface area contributed by atoms with E-state index in [1.807, 2.05) is 29.2 Å². The van der Waals surface area contributed by atoms with Gasteiger partial charge in [-0.3, -0.25) is 14.5 Å². The number of halogens is 1. The van der Waals surface area contributed by atoms with Gasteiger partial charge in [-0.05, 0) is 48.7 Å². The van der Waals surface area contributed by atoms with Crippen LogP contribution in [-0.4, -0.2) is 49.5 Å². The SMILES string of the molecule is COc1cc(C(=O)NC2CCN(CC(N)=O)CC2)ccc1OCc1ccc(Cl)cc1. The summed E-state index contributed by atoms with van der Waals surface area (Å²) in [7, 11) is 1.54. The highest BCUT2D eigenvalue weighted by Gasteiger charge is 2.22. The highest BCUT2D eigenvalue weighted by atomic mass is 35.5. The summed E-state index contributed by atoms with van der Waals surface area (Å²) in [6.07, 6.45) is 1.55. The van der Waals surface area contributed by atoms with Crippen LogP contribution in [0.25, 0.3) is 0 Å². The van der Waals surface area contributed by atoms with Crippen molar-refractivity contribution in [1.82, 2.24) is 10.2 Å². The van der Waals surface area contributed by atoms with E-state index < -0.39 is 0 Å². The first-order valence-corrected chi connectivity index (χ1v) is 10.2. The molecule has 0 atom stereocenters. The fraction of sp³-hybridized carbons (Fsp3) is 0.364. The topological polar surface area (TPSA) is 93.9 Å². The van der Waals surface area contributed by atoms with Crippen molar-refractivity contribution < 1.29 is 19.1 Å². The van der Waals surface area contributed by atoms with E-state index >= 15 is 0 Å². The molecular formula is C22H26ClN3O4.